The van der Waals surface area contributed by atoms with Crippen LogP contribution in [0.3, 0.4) is 0 Å². The molecule has 1 amide bonds. The van der Waals surface area contributed by atoms with Crippen LogP contribution < -0.4 is 10.2 Å². The van der Waals surface area contributed by atoms with Crippen LogP contribution in [0, 0.1) is 6.92 Å². The van der Waals surface area contributed by atoms with Crippen molar-refractivity contribution in [2.24, 2.45) is 0 Å². The number of hydrogen-bond donors (Lipinski definition) is 1. The van der Waals surface area contributed by atoms with Crippen LogP contribution in [0.1, 0.15) is 42.9 Å². The largest absolute Gasteiger partial charge is 0.372 e. The van der Waals surface area contributed by atoms with Crippen molar-refractivity contribution >= 4 is 17.3 Å². The summed E-state index contributed by atoms with van der Waals surface area (Å²) in [6, 6.07) is 26.7. The molecule has 0 bridgehead atoms. The molecule has 0 aromatic heterocycles. The molecule has 3 nitrogen and oxygen atoms in total. The first-order valence-corrected chi connectivity index (χ1v) is 10.4. The van der Waals surface area contributed by atoms with Gasteiger partial charge in [-0.15, -0.1) is 0 Å². The van der Waals surface area contributed by atoms with Crippen LogP contribution in [0.25, 0.3) is 0 Å². The molecular formula is C26H30N2O. The number of carbonyl (C=O) groups excluding carboxylic acids is 1. The molecule has 0 aliphatic carbocycles. The highest BCUT2D eigenvalue weighted by molar-refractivity contribution is 5.92. The van der Waals surface area contributed by atoms with Crippen molar-refractivity contribution in [1.29, 1.82) is 0 Å². The summed E-state index contributed by atoms with van der Waals surface area (Å²) in [4.78, 5) is 15.2. The standard InChI is InChI=1S/C26H30N2O/c1-4-28(5-2)23-16-17-25(20(3)18-23)27-26(29)19-24(21-12-8-6-9-13-21)22-14-10-7-11-15-22/h6-18,24H,4-5,19H2,1-3H3,(H,27,29). The Morgan fingerprint density at radius 3 is 1.90 bits per heavy atom. The molecule has 0 radical (unpaired) electrons. The lowest BCUT2D eigenvalue weighted by atomic mass is 9.88. The van der Waals surface area contributed by atoms with Gasteiger partial charge in [0.05, 0.1) is 0 Å². The van der Waals surface area contributed by atoms with Gasteiger partial charge in [0.25, 0.3) is 0 Å². The van der Waals surface area contributed by atoms with Crippen LogP contribution in [0.4, 0.5) is 11.4 Å². The Bertz CT molecular complexity index is 878. The maximum absolute atomic E-state index is 12.9. The molecule has 0 heterocycles. The Balaban J connectivity index is 1.77. The maximum atomic E-state index is 12.9. The van der Waals surface area contributed by atoms with Gasteiger partial charge in [0, 0.05) is 36.8 Å². The minimum Gasteiger partial charge on any atom is -0.372 e. The summed E-state index contributed by atoms with van der Waals surface area (Å²) in [7, 11) is 0. The number of aryl methyl sites for hydroxylation is 1. The Hall–Kier alpha value is -3.07. The monoisotopic (exact) mass is 386 g/mol. The first-order chi connectivity index (χ1) is 14.1. The normalized spacial score (nSPS) is 10.8. The second-order valence-electron chi connectivity index (χ2n) is 7.30. The third-order valence-corrected chi connectivity index (χ3v) is 5.41. The van der Waals surface area contributed by atoms with E-state index in [0.717, 1.165) is 35.5 Å². The van der Waals surface area contributed by atoms with Gasteiger partial charge in [-0.25, -0.2) is 0 Å². The van der Waals surface area contributed by atoms with Crippen LogP contribution >= 0.6 is 0 Å². The van der Waals surface area contributed by atoms with Crippen molar-refractivity contribution in [3.63, 3.8) is 0 Å². The molecule has 3 heteroatoms. The lowest BCUT2D eigenvalue weighted by Gasteiger charge is -2.22. The molecule has 150 valence electrons. The van der Waals surface area contributed by atoms with Crippen molar-refractivity contribution in [1.82, 2.24) is 0 Å². The number of nitrogens with one attached hydrogen (secondary N) is 1. The molecule has 3 aromatic carbocycles. The quantitative estimate of drug-likeness (QED) is 0.515. The van der Waals surface area contributed by atoms with Crippen LogP contribution in [0.15, 0.2) is 78.9 Å². The van der Waals surface area contributed by atoms with Gasteiger partial charge in [-0.3, -0.25) is 4.79 Å². The van der Waals surface area contributed by atoms with Gasteiger partial charge in [-0.05, 0) is 55.7 Å². The Morgan fingerprint density at radius 2 is 1.41 bits per heavy atom. The Morgan fingerprint density at radius 1 is 0.862 bits per heavy atom. The molecular weight excluding hydrogens is 356 g/mol. The van der Waals surface area contributed by atoms with Crippen molar-refractivity contribution in [3.05, 3.63) is 95.6 Å². The first kappa shape index (κ1) is 20.7. The summed E-state index contributed by atoms with van der Waals surface area (Å²) in [5.41, 5.74) is 5.46. The van der Waals surface area contributed by atoms with Crippen LogP contribution in [0.5, 0.6) is 0 Å². The van der Waals surface area contributed by atoms with E-state index in [9.17, 15) is 4.79 Å². The summed E-state index contributed by atoms with van der Waals surface area (Å²) in [6.07, 6.45) is 0.408. The topological polar surface area (TPSA) is 32.3 Å². The average molecular weight is 387 g/mol. The van der Waals surface area contributed by atoms with E-state index < -0.39 is 0 Å². The second-order valence-corrected chi connectivity index (χ2v) is 7.30. The predicted molar refractivity (Wildman–Crippen MR) is 123 cm³/mol. The zero-order valence-electron chi connectivity index (χ0n) is 17.6. The molecule has 0 saturated heterocycles. The molecule has 0 spiro atoms. The predicted octanol–water partition coefficient (Wildman–Crippen LogP) is 6.00. The molecule has 0 fully saturated rings. The molecule has 0 atom stereocenters. The van der Waals surface area contributed by atoms with Gasteiger partial charge in [-0.2, -0.15) is 0 Å². The summed E-state index contributed by atoms with van der Waals surface area (Å²) in [5.74, 6) is 0.0639. The smallest absolute Gasteiger partial charge is 0.225 e. The number of anilines is 2. The fourth-order valence-electron chi connectivity index (χ4n) is 3.76. The van der Waals surface area contributed by atoms with E-state index in [1.807, 2.05) is 42.5 Å². The zero-order chi connectivity index (χ0) is 20.6. The van der Waals surface area contributed by atoms with E-state index in [1.165, 1.54) is 5.69 Å². The number of benzene rings is 3. The Labute approximate surface area is 174 Å². The van der Waals surface area contributed by atoms with Gasteiger partial charge in [0.15, 0.2) is 0 Å². The van der Waals surface area contributed by atoms with E-state index >= 15 is 0 Å². The summed E-state index contributed by atoms with van der Waals surface area (Å²) in [5, 5.41) is 3.12. The van der Waals surface area contributed by atoms with Gasteiger partial charge in [0.2, 0.25) is 5.91 Å². The van der Waals surface area contributed by atoms with Crippen molar-refractivity contribution in [2.75, 3.05) is 23.3 Å². The van der Waals surface area contributed by atoms with Crippen LogP contribution in [0.2, 0.25) is 0 Å². The minimum absolute atomic E-state index is 0.0291. The van der Waals surface area contributed by atoms with Crippen LogP contribution in [-0.4, -0.2) is 19.0 Å². The fraction of sp³-hybridized carbons (Fsp3) is 0.269. The van der Waals surface area contributed by atoms with Gasteiger partial charge in [-0.1, -0.05) is 60.7 Å². The zero-order valence-corrected chi connectivity index (χ0v) is 17.6. The number of nitrogens with zero attached hydrogens (tertiary/aromatic N) is 1. The second kappa shape index (κ2) is 9.92. The first-order valence-electron chi connectivity index (χ1n) is 10.4. The average Bonchev–Trinajstić information content (AvgIpc) is 2.76. The number of amides is 1. The van der Waals surface area contributed by atoms with Gasteiger partial charge >= 0.3 is 0 Å². The molecule has 3 aromatic rings. The highest BCUT2D eigenvalue weighted by Crippen LogP contribution is 2.29. The Kier molecular flexibility index (Phi) is 7.07. The SMILES string of the molecule is CCN(CC)c1ccc(NC(=O)CC(c2ccccc2)c2ccccc2)c(C)c1. The van der Waals surface area contributed by atoms with E-state index in [0.29, 0.717) is 6.42 Å². The molecule has 0 aliphatic rings. The highest BCUT2D eigenvalue weighted by Gasteiger charge is 2.18. The van der Waals surface area contributed by atoms with E-state index in [2.05, 4.69) is 67.4 Å². The van der Waals surface area contributed by atoms with Crippen molar-refractivity contribution in [2.45, 2.75) is 33.1 Å². The molecule has 0 unspecified atom stereocenters. The third-order valence-electron chi connectivity index (χ3n) is 5.41. The van der Waals surface area contributed by atoms with Crippen molar-refractivity contribution in [3.8, 4) is 0 Å². The molecule has 29 heavy (non-hydrogen) atoms. The number of rotatable bonds is 8. The number of carbonyl (C=O) groups is 1. The fourth-order valence-corrected chi connectivity index (χ4v) is 3.76. The van der Waals surface area contributed by atoms with E-state index in [1.54, 1.807) is 0 Å². The lowest BCUT2D eigenvalue weighted by Crippen LogP contribution is -2.22. The minimum atomic E-state index is 0.0291. The van der Waals surface area contributed by atoms with Gasteiger partial charge in [0.1, 0.15) is 0 Å². The van der Waals surface area contributed by atoms with E-state index in [4.69, 9.17) is 0 Å². The van der Waals surface area contributed by atoms with Crippen LogP contribution in [-0.2, 0) is 4.79 Å². The summed E-state index contributed by atoms with van der Waals surface area (Å²) >= 11 is 0. The molecule has 0 saturated carbocycles. The van der Waals surface area contributed by atoms with Gasteiger partial charge < -0.3 is 10.2 Å². The van der Waals surface area contributed by atoms with E-state index in [-0.39, 0.29) is 11.8 Å². The third kappa shape index (κ3) is 5.26. The number of hydrogen-bond acceptors (Lipinski definition) is 2. The summed E-state index contributed by atoms with van der Waals surface area (Å²) in [6.45, 7) is 8.30. The molecule has 1 N–H and O–H groups in total. The highest BCUT2D eigenvalue weighted by atomic mass is 16.1. The lowest BCUT2D eigenvalue weighted by molar-refractivity contribution is -0.116. The molecule has 3 rings (SSSR count). The maximum Gasteiger partial charge on any atom is 0.225 e. The summed E-state index contributed by atoms with van der Waals surface area (Å²) < 4.78 is 0. The van der Waals surface area contributed by atoms with Crippen molar-refractivity contribution < 1.29 is 4.79 Å². The molecule has 0 aliphatic heterocycles.